The maximum absolute atomic E-state index is 13.5. The van der Waals surface area contributed by atoms with E-state index in [0.717, 1.165) is 47.1 Å². The standard InChI is InChI=1S/C23H26FN7O/c1-14-12-20(28-27-14)25-19-13-21(30-8-10-32-11-9-30)31-23(26-19)22(16(3)29-31)15(2)17-4-6-18(24)7-5-17/h4-7,12-13,15H,8-11H2,1-3H3,(H2,25,26,27,28). The molecule has 0 aliphatic carbocycles. The summed E-state index contributed by atoms with van der Waals surface area (Å²) < 4.78 is 20.9. The zero-order chi connectivity index (χ0) is 22.2. The maximum Gasteiger partial charge on any atom is 0.163 e. The number of aromatic nitrogens is 5. The number of fused-ring (bicyclic) bond motifs is 1. The van der Waals surface area contributed by atoms with Crippen LogP contribution < -0.4 is 10.2 Å². The third-order valence-corrected chi connectivity index (χ3v) is 5.89. The van der Waals surface area contributed by atoms with Gasteiger partial charge < -0.3 is 15.0 Å². The lowest BCUT2D eigenvalue weighted by molar-refractivity contribution is 0.122. The molecule has 1 aromatic carbocycles. The number of halogens is 1. The van der Waals surface area contributed by atoms with Crippen molar-refractivity contribution in [3.63, 3.8) is 0 Å². The number of anilines is 3. The number of hydrogen-bond donors (Lipinski definition) is 2. The van der Waals surface area contributed by atoms with Gasteiger partial charge in [-0.1, -0.05) is 19.1 Å². The number of aryl methyl sites for hydroxylation is 2. The van der Waals surface area contributed by atoms with Crippen LogP contribution in [0.25, 0.3) is 5.65 Å². The summed E-state index contributed by atoms with van der Waals surface area (Å²) in [7, 11) is 0. The van der Waals surface area contributed by atoms with Crippen molar-refractivity contribution in [2.45, 2.75) is 26.7 Å². The van der Waals surface area contributed by atoms with Crippen LogP contribution >= 0.6 is 0 Å². The van der Waals surface area contributed by atoms with Gasteiger partial charge in [0.25, 0.3) is 0 Å². The van der Waals surface area contributed by atoms with Crippen molar-refractivity contribution in [1.82, 2.24) is 24.8 Å². The SMILES string of the molecule is Cc1cc(Nc2cc(N3CCOCC3)n3nc(C)c(C(C)c4ccc(F)cc4)c3n2)n[nH]1. The first-order chi connectivity index (χ1) is 15.5. The lowest BCUT2D eigenvalue weighted by atomic mass is 9.93. The van der Waals surface area contributed by atoms with Gasteiger partial charge in [0.05, 0.1) is 18.9 Å². The molecule has 4 heterocycles. The van der Waals surface area contributed by atoms with E-state index in [4.69, 9.17) is 14.8 Å². The Kier molecular flexibility index (Phi) is 5.26. The summed E-state index contributed by atoms with van der Waals surface area (Å²) in [5.74, 6) is 2.11. The Morgan fingerprint density at radius 1 is 1.09 bits per heavy atom. The molecule has 3 aromatic heterocycles. The Morgan fingerprint density at radius 2 is 1.84 bits per heavy atom. The molecule has 0 bridgehead atoms. The van der Waals surface area contributed by atoms with Gasteiger partial charge in [0.2, 0.25) is 0 Å². The molecule has 1 fully saturated rings. The van der Waals surface area contributed by atoms with E-state index < -0.39 is 0 Å². The van der Waals surface area contributed by atoms with E-state index in [1.54, 1.807) is 0 Å². The van der Waals surface area contributed by atoms with E-state index in [0.29, 0.717) is 24.8 Å². The van der Waals surface area contributed by atoms with Gasteiger partial charge in [-0.05, 0) is 31.5 Å². The van der Waals surface area contributed by atoms with Gasteiger partial charge in [-0.3, -0.25) is 5.10 Å². The first-order valence-corrected chi connectivity index (χ1v) is 10.8. The van der Waals surface area contributed by atoms with Crippen molar-refractivity contribution in [1.29, 1.82) is 0 Å². The molecule has 166 valence electrons. The van der Waals surface area contributed by atoms with Crippen LogP contribution in [-0.4, -0.2) is 51.1 Å². The molecule has 32 heavy (non-hydrogen) atoms. The minimum absolute atomic E-state index is 0.000942. The van der Waals surface area contributed by atoms with Crippen LogP contribution in [0.2, 0.25) is 0 Å². The summed E-state index contributed by atoms with van der Waals surface area (Å²) in [4.78, 5) is 7.19. The largest absolute Gasteiger partial charge is 0.378 e. The first kappa shape index (κ1) is 20.4. The number of nitrogens with zero attached hydrogens (tertiary/aromatic N) is 5. The molecule has 0 spiro atoms. The van der Waals surface area contributed by atoms with Crippen molar-refractivity contribution in [3.05, 3.63) is 64.7 Å². The van der Waals surface area contributed by atoms with E-state index in [1.807, 2.05) is 42.6 Å². The van der Waals surface area contributed by atoms with Crippen LogP contribution in [0.1, 0.15) is 35.4 Å². The predicted molar refractivity (Wildman–Crippen MR) is 121 cm³/mol. The van der Waals surface area contributed by atoms with Crippen LogP contribution in [0, 0.1) is 19.7 Å². The number of nitrogens with one attached hydrogen (secondary N) is 2. The van der Waals surface area contributed by atoms with Crippen molar-refractivity contribution < 1.29 is 9.13 Å². The number of benzene rings is 1. The van der Waals surface area contributed by atoms with Gasteiger partial charge in [0, 0.05) is 42.4 Å². The van der Waals surface area contributed by atoms with Gasteiger partial charge in [-0.2, -0.15) is 14.7 Å². The molecular formula is C23H26FN7O. The first-order valence-electron chi connectivity index (χ1n) is 10.8. The molecule has 9 heteroatoms. The van der Waals surface area contributed by atoms with Gasteiger partial charge >= 0.3 is 0 Å². The van der Waals surface area contributed by atoms with Crippen molar-refractivity contribution in [2.24, 2.45) is 0 Å². The van der Waals surface area contributed by atoms with Gasteiger partial charge in [0.1, 0.15) is 17.5 Å². The second-order valence-electron chi connectivity index (χ2n) is 8.17. The smallest absolute Gasteiger partial charge is 0.163 e. The Bertz CT molecular complexity index is 1240. The Hall–Kier alpha value is -3.46. The number of hydrogen-bond acceptors (Lipinski definition) is 6. The summed E-state index contributed by atoms with van der Waals surface area (Å²) in [6, 6.07) is 10.6. The summed E-state index contributed by atoms with van der Waals surface area (Å²) in [6.45, 7) is 8.96. The van der Waals surface area contributed by atoms with Gasteiger partial charge in [-0.15, -0.1) is 0 Å². The summed E-state index contributed by atoms with van der Waals surface area (Å²) in [6.07, 6.45) is 0. The minimum atomic E-state index is -0.244. The zero-order valence-electron chi connectivity index (χ0n) is 18.4. The summed E-state index contributed by atoms with van der Waals surface area (Å²) in [5, 5.41) is 15.4. The quantitative estimate of drug-likeness (QED) is 0.494. The minimum Gasteiger partial charge on any atom is -0.378 e. The fourth-order valence-corrected chi connectivity index (χ4v) is 4.24. The highest BCUT2D eigenvalue weighted by molar-refractivity contribution is 5.67. The summed E-state index contributed by atoms with van der Waals surface area (Å²) in [5.41, 5.74) is 4.68. The highest BCUT2D eigenvalue weighted by atomic mass is 19.1. The Labute approximate surface area is 185 Å². The molecule has 1 atom stereocenters. The molecule has 8 nitrogen and oxygen atoms in total. The molecule has 1 aliphatic rings. The molecular weight excluding hydrogens is 409 g/mol. The predicted octanol–water partition coefficient (Wildman–Crippen LogP) is 3.94. The van der Waals surface area contributed by atoms with E-state index >= 15 is 0 Å². The van der Waals surface area contributed by atoms with Crippen molar-refractivity contribution >= 4 is 23.1 Å². The third kappa shape index (κ3) is 3.80. The molecule has 1 aliphatic heterocycles. The normalized spacial score (nSPS) is 15.3. The average molecular weight is 436 g/mol. The van der Waals surface area contributed by atoms with E-state index in [9.17, 15) is 4.39 Å². The second kappa shape index (κ2) is 8.23. The molecule has 0 amide bonds. The lowest BCUT2D eigenvalue weighted by Crippen LogP contribution is -2.37. The zero-order valence-corrected chi connectivity index (χ0v) is 18.4. The molecule has 1 unspecified atom stereocenters. The third-order valence-electron chi connectivity index (χ3n) is 5.89. The van der Waals surface area contributed by atoms with Gasteiger partial charge in [-0.25, -0.2) is 9.37 Å². The fraction of sp³-hybridized carbons (Fsp3) is 0.348. The maximum atomic E-state index is 13.5. The average Bonchev–Trinajstić information content (AvgIpc) is 3.35. The molecule has 0 radical (unpaired) electrons. The number of rotatable bonds is 5. The van der Waals surface area contributed by atoms with E-state index in [1.165, 1.54) is 12.1 Å². The Morgan fingerprint density at radius 3 is 2.53 bits per heavy atom. The number of aromatic amines is 1. The highest BCUT2D eigenvalue weighted by Gasteiger charge is 2.24. The van der Waals surface area contributed by atoms with Crippen LogP contribution in [0.3, 0.4) is 0 Å². The van der Waals surface area contributed by atoms with Gasteiger partial charge in [0.15, 0.2) is 11.5 Å². The van der Waals surface area contributed by atoms with Crippen LogP contribution in [0.15, 0.2) is 36.4 Å². The number of morpholine rings is 1. The second-order valence-corrected chi connectivity index (χ2v) is 8.17. The van der Waals surface area contributed by atoms with Crippen LogP contribution in [0.5, 0.6) is 0 Å². The van der Waals surface area contributed by atoms with Crippen LogP contribution in [-0.2, 0) is 4.74 Å². The molecule has 5 rings (SSSR count). The summed E-state index contributed by atoms with van der Waals surface area (Å²) >= 11 is 0. The monoisotopic (exact) mass is 435 g/mol. The Balaban J connectivity index is 1.64. The van der Waals surface area contributed by atoms with E-state index in [-0.39, 0.29) is 11.7 Å². The van der Waals surface area contributed by atoms with Crippen molar-refractivity contribution in [3.8, 4) is 0 Å². The molecule has 0 saturated carbocycles. The van der Waals surface area contributed by atoms with Crippen molar-refractivity contribution in [2.75, 3.05) is 36.5 Å². The van der Waals surface area contributed by atoms with E-state index in [2.05, 4.69) is 27.3 Å². The topological polar surface area (TPSA) is 83.4 Å². The number of H-pyrrole nitrogens is 1. The molecule has 2 N–H and O–H groups in total. The van der Waals surface area contributed by atoms with Crippen LogP contribution in [0.4, 0.5) is 21.8 Å². The molecule has 4 aromatic rings. The lowest BCUT2D eigenvalue weighted by Gasteiger charge is -2.29. The number of ether oxygens (including phenoxy) is 1. The fourth-order valence-electron chi connectivity index (χ4n) is 4.24. The highest BCUT2D eigenvalue weighted by Crippen LogP contribution is 2.33. The molecule has 1 saturated heterocycles.